The quantitative estimate of drug-likeness (QED) is 0.0146. The molecular formula is C93H162O16P2. The molecule has 0 aromatic heterocycles. The summed E-state index contributed by atoms with van der Waals surface area (Å²) in [4.78, 5) is 58.8. The maximum atomic E-state index is 13.0. The zero-order valence-electron chi connectivity index (χ0n) is 70.4. The highest BCUT2D eigenvalue weighted by Crippen LogP contribution is 2.45. The van der Waals surface area contributed by atoms with Crippen molar-refractivity contribution < 1.29 is 75.8 Å². The van der Waals surface area contributed by atoms with Crippen molar-refractivity contribution in [2.45, 2.75) is 399 Å². The van der Waals surface area contributed by atoms with E-state index in [0.29, 0.717) is 19.3 Å². The first-order chi connectivity index (χ1) is 54.2. The standard InChI is InChI=1S/C93H162O16P2/c1-4-7-10-13-16-19-22-25-27-29-31-33-35-37-39-40-41-42-43-44-45-46-48-50-51-53-55-57-59-62-64-67-70-73-76-79-91(96)103-82-88(94)83-105-110(99,100)106-84-89(95)85-107-111(101,102)108-87-90(109-93(98)81-78-75-72-69-66-61-24-21-18-15-12-9-6-3)86-104-92(97)80-77-74-71-68-65-63-60-58-56-54-52-49-47-38-36-34-32-30-28-26-23-20-17-14-11-8-5-2/h7-8,10-11,16-17,19-20,25-28,31-34,37-39,41-42,47,88-90,94-95H,4-6,9,12-15,18,21-24,29-30,35-36,40,43-46,48-87H2,1-3H3,(H,99,100)(H,101,102)/b10-7-,11-8-,19-16-,20-17-,27-25-,28-26-,33-31-,34-32-,39-37-,42-41-,47-38-. The molecule has 0 rings (SSSR count). The summed E-state index contributed by atoms with van der Waals surface area (Å²) in [5, 5.41) is 20.7. The number of ether oxygens (including phenoxy) is 3. The Balaban J connectivity index is 4.39. The molecular weight excluding hydrogens is 1430 g/mol. The van der Waals surface area contributed by atoms with Gasteiger partial charge in [-0.05, 0) is 116 Å². The Labute approximate surface area is 677 Å². The van der Waals surface area contributed by atoms with Crippen molar-refractivity contribution in [3.05, 3.63) is 134 Å². The Morgan fingerprint density at radius 3 is 0.757 bits per heavy atom. The van der Waals surface area contributed by atoms with Crippen molar-refractivity contribution in [1.29, 1.82) is 0 Å². The van der Waals surface area contributed by atoms with Gasteiger partial charge in [0.15, 0.2) is 6.10 Å². The van der Waals surface area contributed by atoms with E-state index < -0.39 is 91.5 Å². The lowest BCUT2D eigenvalue weighted by molar-refractivity contribution is -0.161. The highest BCUT2D eigenvalue weighted by atomic mass is 31.2. The van der Waals surface area contributed by atoms with Crippen LogP contribution in [0.15, 0.2) is 134 Å². The molecule has 0 bridgehead atoms. The number of phosphoric ester groups is 2. The van der Waals surface area contributed by atoms with Gasteiger partial charge in [-0.1, -0.05) is 379 Å². The van der Waals surface area contributed by atoms with E-state index in [1.54, 1.807) is 0 Å². The number of esters is 3. The number of rotatable bonds is 84. The molecule has 0 heterocycles. The summed E-state index contributed by atoms with van der Waals surface area (Å²) in [6.45, 7) is 2.50. The minimum Gasteiger partial charge on any atom is -0.463 e. The smallest absolute Gasteiger partial charge is 0.463 e. The molecule has 16 nitrogen and oxygen atoms in total. The molecule has 18 heteroatoms. The Bertz CT molecular complexity index is 2550. The molecule has 0 amide bonds. The van der Waals surface area contributed by atoms with Crippen molar-refractivity contribution in [2.75, 3.05) is 39.6 Å². The lowest BCUT2D eigenvalue weighted by Gasteiger charge is -2.21. The summed E-state index contributed by atoms with van der Waals surface area (Å²) < 4.78 is 61.3. The Hall–Kier alpha value is -4.31. The SMILES string of the molecule is CC/C=C\C/C=C\C/C=C\C/C=C\C/C=C\C/C=C\CCCCCCCCCCCCCCCCCCC(=O)OCC(O)COP(=O)(O)OCC(O)COP(=O)(O)OCC(COC(=O)CCCCCCCCCCCCC/C=C\C/C=C\C/C=C\C/C=C\C/C=C\CC)OC(=O)CCCCCCCCCCCCCCC. The van der Waals surface area contributed by atoms with E-state index in [1.165, 1.54) is 173 Å². The first kappa shape index (κ1) is 107. The molecule has 0 fully saturated rings. The highest BCUT2D eigenvalue weighted by Gasteiger charge is 2.29. The van der Waals surface area contributed by atoms with Crippen LogP contribution < -0.4 is 0 Å². The van der Waals surface area contributed by atoms with Crippen LogP contribution in [-0.4, -0.2) is 95.9 Å². The molecule has 0 saturated carbocycles. The molecule has 0 aromatic rings. The van der Waals surface area contributed by atoms with Gasteiger partial charge < -0.3 is 34.2 Å². The van der Waals surface area contributed by atoms with Crippen LogP contribution in [0.1, 0.15) is 380 Å². The third-order valence-electron chi connectivity index (χ3n) is 18.9. The van der Waals surface area contributed by atoms with Gasteiger partial charge in [0.2, 0.25) is 0 Å². The fourth-order valence-corrected chi connectivity index (χ4v) is 13.8. The summed E-state index contributed by atoms with van der Waals surface area (Å²) in [6, 6.07) is 0. The molecule has 640 valence electrons. The maximum absolute atomic E-state index is 13.0. The van der Waals surface area contributed by atoms with E-state index >= 15 is 0 Å². The van der Waals surface area contributed by atoms with E-state index in [9.17, 15) is 43.5 Å². The van der Waals surface area contributed by atoms with Gasteiger partial charge in [-0.2, -0.15) is 0 Å². The summed E-state index contributed by atoms with van der Waals surface area (Å²) in [7, 11) is -9.79. The second-order valence-electron chi connectivity index (χ2n) is 29.6. The number of aliphatic hydroxyl groups is 2. The molecule has 111 heavy (non-hydrogen) atoms. The zero-order chi connectivity index (χ0) is 80.8. The second kappa shape index (κ2) is 85.1. The molecule has 0 aromatic carbocycles. The molecule has 0 radical (unpaired) electrons. The minimum absolute atomic E-state index is 0.107. The lowest BCUT2D eigenvalue weighted by Crippen LogP contribution is -2.30. The lowest BCUT2D eigenvalue weighted by atomic mass is 10.0. The average Bonchev–Trinajstić information content (AvgIpc) is 0.903. The summed E-state index contributed by atoms with van der Waals surface area (Å²) in [5.74, 6) is -1.56. The molecule has 0 aliphatic heterocycles. The molecule has 5 atom stereocenters. The van der Waals surface area contributed by atoms with E-state index in [0.717, 1.165) is 148 Å². The first-order valence-electron chi connectivity index (χ1n) is 44.5. The van der Waals surface area contributed by atoms with E-state index in [1.807, 2.05) is 0 Å². The van der Waals surface area contributed by atoms with Crippen LogP contribution in [0.4, 0.5) is 0 Å². The summed E-state index contributed by atoms with van der Waals surface area (Å²) in [5.41, 5.74) is 0. The summed E-state index contributed by atoms with van der Waals surface area (Å²) >= 11 is 0. The molecule has 0 spiro atoms. The van der Waals surface area contributed by atoms with Crippen LogP contribution in [0.25, 0.3) is 0 Å². The van der Waals surface area contributed by atoms with Crippen LogP contribution in [0, 0.1) is 0 Å². The average molecular weight is 1600 g/mol. The van der Waals surface area contributed by atoms with Gasteiger partial charge in [-0.3, -0.25) is 32.5 Å². The number of carbonyl (C=O) groups excluding carboxylic acids is 3. The van der Waals surface area contributed by atoms with Crippen LogP contribution >= 0.6 is 15.6 Å². The van der Waals surface area contributed by atoms with Gasteiger partial charge in [0.05, 0.1) is 26.4 Å². The van der Waals surface area contributed by atoms with Gasteiger partial charge >= 0.3 is 33.6 Å². The van der Waals surface area contributed by atoms with Crippen molar-refractivity contribution in [2.24, 2.45) is 0 Å². The topological polar surface area (TPSA) is 231 Å². The van der Waals surface area contributed by atoms with Gasteiger partial charge in [-0.25, -0.2) is 9.13 Å². The fraction of sp³-hybridized carbons (Fsp3) is 0.731. The molecule has 0 saturated heterocycles. The van der Waals surface area contributed by atoms with Gasteiger partial charge in [0.25, 0.3) is 0 Å². The summed E-state index contributed by atoms with van der Waals surface area (Å²) in [6.07, 6.45) is 105. The molecule has 0 aliphatic rings. The van der Waals surface area contributed by atoms with Crippen LogP contribution in [-0.2, 0) is 55.8 Å². The van der Waals surface area contributed by atoms with Crippen molar-refractivity contribution in [3.63, 3.8) is 0 Å². The number of carbonyl (C=O) groups is 3. The minimum atomic E-state index is -4.93. The number of phosphoric acid groups is 2. The Morgan fingerprint density at radius 2 is 0.477 bits per heavy atom. The fourth-order valence-electron chi connectivity index (χ4n) is 12.2. The zero-order valence-corrected chi connectivity index (χ0v) is 72.1. The van der Waals surface area contributed by atoms with E-state index in [4.69, 9.17) is 32.3 Å². The first-order valence-corrected chi connectivity index (χ1v) is 47.5. The normalized spacial score (nSPS) is 14.5. The predicted molar refractivity (Wildman–Crippen MR) is 463 cm³/mol. The third-order valence-corrected chi connectivity index (χ3v) is 20.8. The van der Waals surface area contributed by atoms with Crippen molar-refractivity contribution >= 4 is 33.6 Å². The largest absolute Gasteiger partial charge is 0.472 e. The third kappa shape index (κ3) is 86.4. The second-order valence-corrected chi connectivity index (χ2v) is 32.6. The Kier molecular flexibility index (Phi) is 81.8. The van der Waals surface area contributed by atoms with E-state index in [2.05, 4.69) is 154 Å². The van der Waals surface area contributed by atoms with Crippen LogP contribution in [0.3, 0.4) is 0 Å². The van der Waals surface area contributed by atoms with Gasteiger partial charge in [-0.15, -0.1) is 0 Å². The van der Waals surface area contributed by atoms with Gasteiger partial charge in [0.1, 0.15) is 25.4 Å². The number of aliphatic hydroxyl groups excluding tert-OH is 2. The van der Waals surface area contributed by atoms with E-state index in [-0.39, 0.29) is 19.3 Å². The predicted octanol–water partition coefficient (Wildman–Crippen LogP) is 27.0. The number of hydrogen-bond donors (Lipinski definition) is 4. The van der Waals surface area contributed by atoms with Crippen molar-refractivity contribution in [3.8, 4) is 0 Å². The monoisotopic (exact) mass is 1600 g/mol. The van der Waals surface area contributed by atoms with Gasteiger partial charge in [0, 0.05) is 19.3 Å². The number of allylic oxidation sites excluding steroid dienone is 22. The molecule has 5 unspecified atom stereocenters. The van der Waals surface area contributed by atoms with Crippen LogP contribution in [0.2, 0.25) is 0 Å². The molecule has 0 aliphatic carbocycles. The highest BCUT2D eigenvalue weighted by molar-refractivity contribution is 7.47. The molecule has 4 N–H and O–H groups in total. The maximum Gasteiger partial charge on any atom is 0.472 e. The number of hydrogen-bond acceptors (Lipinski definition) is 14. The van der Waals surface area contributed by atoms with Crippen LogP contribution in [0.5, 0.6) is 0 Å². The van der Waals surface area contributed by atoms with Crippen molar-refractivity contribution in [1.82, 2.24) is 0 Å². The Morgan fingerprint density at radius 1 is 0.261 bits per heavy atom. The number of unbranched alkanes of at least 4 members (excludes halogenated alkanes) is 39.